The van der Waals surface area contributed by atoms with Crippen molar-refractivity contribution >= 4 is 18.0 Å². The molecule has 1 fully saturated rings. The first-order valence-corrected chi connectivity index (χ1v) is 13.6. The van der Waals surface area contributed by atoms with Crippen molar-refractivity contribution in [2.24, 2.45) is 0 Å². The third-order valence-corrected chi connectivity index (χ3v) is 6.49. The first-order chi connectivity index (χ1) is 16.5. The monoisotopic (exact) mass is 483 g/mol. The fourth-order valence-corrected chi connectivity index (χ4v) is 4.25. The van der Waals surface area contributed by atoms with Gasteiger partial charge in [-0.3, -0.25) is 9.59 Å². The molecule has 0 atom stereocenters. The third-order valence-electron chi connectivity index (χ3n) is 6.49. The van der Waals surface area contributed by atoms with Crippen LogP contribution in [0.4, 0.5) is 4.79 Å². The first kappa shape index (κ1) is 30.2. The van der Waals surface area contributed by atoms with Crippen LogP contribution in [0.3, 0.4) is 0 Å². The molecule has 1 aliphatic rings. The SMILES string of the molecule is CCCCCCCCCN(CCCOC(=O)CCCCC)CCC(=O)N1CCN(C(=O)O)CC1. The smallest absolute Gasteiger partial charge is 0.407 e. The van der Waals surface area contributed by atoms with Crippen LogP contribution in [0.2, 0.25) is 0 Å². The van der Waals surface area contributed by atoms with Crippen LogP contribution in [0, 0.1) is 0 Å². The van der Waals surface area contributed by atoms with Gasteiger partial charge in [-0.15, -0.1) is 0 Å². The van der Waals surface area contributed by atoms with Gasteiger partial charge in [-0.2, -0.15) is 0 Å². The van der Waals surface area contributed by atoms with E-state index in [2.05, 4.69) is 18.7 Å². The molecular weight excluding hydrogens is 434 g/mol. The van der Waals surface area contributed by atoms with Crippen LogP contribution in [0.25, 0.3) is 0 Å². The number of esters is 1. The van der Waals surface area contributed by atoms with Crippen LogP contribution in [-0.4, -0.2) is 90.2 Å². The molecule has 1 heterocycles. The van der Waals surface area contributed by atoms with Gasteiger partial charge in [0.2, 0.25) is 5.91 Å². The maximum absolute atomic E-state index is 12.7. The molecule has 1 aliphatic heterocycles. The van der Waals surface area contributed by atoms with Gasteiger partial charge in [0.15, 0.2) is 0 Å². The number of carbonyl (C=O) groups excluding carboxylic acids is 2. The van der Waals surface area contributed by atoms with E-state index in [4.69, 9.17) is 9.84 Å². The molecule has 1 saturated heterocycles. The first-order valence-electron chi connectivity index (χ1n) is 13.6. The van der Waals surface area contributed by atoms with E-state index in [0.717, 1.165) is 45.2 Å². The summed E-state index contributed by atoms with van der Waals surface area (Å²) in [7, 11) is 0. The van der Waals surface area contributed by atoms with Gasteiger partial charge in [0, 0.05) is 52.1 Å². The number of carboxylic acid groups (broad SMARTS) is 1. The van der Waals surface area contributed by atoms with E-state index < -0.39 is 6.09 Å². The minimum absolute atomic E-state index is 0.0944. The van der Waals surface area contributed by atoms with Gasteiger partial charge in [-0.05, 0) is 25.8 Å². The number of carbonyl (C=O) groups is 3. The summed E-state index contributed by atoms with van der Waals surface area (Å²) < 4.78 is 5.38. The molecule has 0 radical (unpaired) electrons. The van der Waals surface area contributed by atoms with Crippen molar-refractivity contribution in [3.63, 3.8) is 0 Å². The van der Waals surface area contributed by atoms with Gasteiger partial charge in [-0.25, -0.2) is 4.79 Å². The molecule has 0 bridgehead atoms. The fraction of sp³-hybridized carbons (Fsp3) is 0.885. The number of ether oxygens (including phenoxy) is 1. The maximum atomic E-state index is 12.7. The number of amides is 2. The lowest BCUT2D eigenvalue weighted by Crippen LogP contribution is -2.50. The van der Waals surface area contributed by atoms with E-state index in [9.17, 15) is 14.4 Å². The van der Waals surface area contributed by atoms with Crippen LogP contribution in [-0.2, 0) is 14.3 Å². The fourth-order valence-electron chi connectivity index (χ4n) is 4.25. The number of unbranched alkanes of at least 4 members (excludes halogenated alkanes) is 8. The van der Waals surface area contributed by atoms with E-state index in [-0.39, 0.29) is 11.9 Å². The van der Waals surface area contributed by atoms with Gasteiger partial charge in [0.25, 0.3) is 0 Å². The number of rotatable bonds is 19. The second-order valence-corrected chi connectivity index (χ2v) is 9.39. The molecule has 34 heavy (non-hydrogen) atoms. The molecular formula is C26H49N3O5. The van der Waals surface area contributed by atoms with Crippen molar-refractivity contribution in [2.75, 3.05) is 52.4 Å². The van der Waals surface area contributed by atoms with Gasteiger partial charge in [0.1, 0.15) is 0 Å². The second-order valence-electron chi connectivity index (χ2n) is 9.39. The molecule has 0 aromatic carbocycles. The number of hydrogen-bond donors (Lipinski definition) is 1. The Kier molecular flexibility index (Phi) is 17.3. The topological polar surface area (TPSA) is 90.4 Å². The molecule has 2 amide bonds. The zero-order valence-corrected chi connectivity index (χ0v) is 21.8. The van der Waals surface area contributed by atoms with Gasteiger partial charge < -0.3 is 24.5 Å². The van der Waals surface area contributed by atoms with Crippen molar-refractivity contribution in [1.29, 1.82) is 0 Å². The van der Waals surface area contributed by atoms with E-state index in [1.54, 1.807) is 4.90 Å². The van der Waals surface area contributed by atoms with Crippen molar-refractivity contribution in [3.05, 3.63) is 0 Å². The highest BCUT2D eigenvalue weighted by molar-refractivity contribution is 5.76. The Morgan fingerprint density at radius 2 is 1.26 bits per heavy atom. The summed E-state index contributed by atoms with van der Waals surface area (Å²) in [5.74, 6) is -0.0142. The second kappa shape index (κ2) is 19.5. The molecule has 1 rings (SSSR count). The highest BCUT2D eigenvalue weighted by Crippen LogP contribution is 2.10. The van der Waals surface area contributed by atoms with E-state index >= 15 is 0 Å². The summed E-state index contributed by atoms with van der Waals surface area (Å²) in [4.78, 5) is 41.0. The number of piperazine rings is 1. The van der Waals surface area contributed by atoms with Crippen molar-refractivity contribution in [3.8, 4) is 0 Å². The predicted molar refractivity (Wildman–Crippen MR) is 135 cm³/mol. The van der Waals surface area contributed by atoms with Gasteiger partial charge in [0.05, 0.1) is 6.61 Å². The van der Waals surface area contributed by atoms with Crippen LogP contribution in [0.15, 0.2) is 0 Å². The molecule has 1 N–H and O–H groups in total. The average Bonchev–Trinajstić information content (AvgIpc) is 2.84. The Morgan fingerprint density at radius 3 is 1.91 bits per heavy atom. The summed E-state index contributed by atoms with van der Waals surface area (Å²) in [5.41, 5.74) is 0. The lowest BCUT2D eigenvalue weighted by molar-refractivity contribution is -0.144. The number of nitrogens with zero attached hydrogens (tertiary/aromatic N) is 3. The van der Waals surface area contributed by atoms with E-state index in [1.165, 1.54) is 43.4 Å². The summed E-state index contributed by atoms with van der Waals surface area (Å²) in [6, 6.07) is 0. The highest BCUT2D eigenvalue weighted by atomic mass is 16.5. The van der Waals surface area contributed by atoms with Gasteiger partial charge >= 0.3 is 12.1 Å². The summed E-state index contributed by atoms with van der Waals surface area (Å²) in [5, 5.41) is 9.08. The molecule has 8 heteroatoms. The van der Waals surface area contributed by atoms with Crippen LogP contribution in [0.1, 0.15) is 97.3 Å². The van der Waals surface area contributed by atoms with Crippen molar-refractivity contribution < 1.29 is 24.2 Å². The van der Waals surface area contributed by atoms with E-state index in [0.29, 0.717) is 52.2 Å². The molecule has 0 unspecified atom stereocenters. The molecule has 0 saturated carbocycles. The molecule has 8 nitrogen and oxygen atoms in total. The van der Waals surface area contributed by atoms with Gasteiger partial charge in [-0.1, -0.05) is 65.2 Å². The average molecular weight is 484 g/mol. The standard InChI is InChI=1S/C26H49N3O5/c1-3-5-7-8-9-10-12-16-27(17-13-23-34-25(31)14-11-6-4-2)18-15-24(30)28-19-21-29(22-20-28)26(32)33/h3-23H2,1-2H3,(H,32,33). The minimum Gasteiger partial charge on any atom is -0.466 e. The zero-order chi connectivity index (χ0) is 25.0. The molecule has 0 aromatic rings. The molecule has 0 aliphatic carbocycles. The molecule has 0 aromatic heterocycles. The van der Waals surface area contributed by atoms with Crippen molar-refractivity contribution in [2.45, 2.75) is 97.3 Å². The van der Waals surface area contributed by atoms with E-state index in [1.807, 2.05) is 0 Å². The lowest BCUT2D eigenvalue weighted by atomic mass is 10.1. The normalized spacial score (nSPS) is 14.0. The lowest BCUT2D eigenvalue weighted by Gasteiger charge is -2.33. The van der Waals surface area contributed by atoms with Crippen LogP contribution >= 0.6 is 0 Å². The summed E-state index contributed by atoms with van der Waals surface area (Å²) >= 11 is 0. The summed E-state index contributed by atoms with van der Waals surface area (Å²) in [6.45, 7) is 8.95. The Balaban J connectivity index is 2.35. The molecule has 0 spiro atoms. The van der Waals surface area contributed by atoms with Crippen LogP contribution in [0.5, 0.6) is 0 Å². The number of hydrogen-bond acceptors (Lipinski definition) is 5. The Morgan fingerprint density at radius 1 is 0.706 bits per heavy atom. The Hall–Kier alpha value is -1.83. The zero-order valence-electron chi connectivity index (χ0n) is 21.8. The predicted octanol–water partition coefficient (Wildman–Crippen LogP) is 4.76. The largest absolute Gasteiger partial charge is 0.466 e. The third kappa shape index (κ3) is 14.4. The Bertz CT molecular complexity index is 565. The maximum Gasteiger partial charge on any atom is 0.407 e. The quantitative estimate of drug-likeness (QED) is 0.210. The summed E-state index contributed by atoms with van der Waals surface area (Å²) in [6.07, 6.45) is 12.6. The minimum atomic E-state index is -0.918. The van der Waals surface area contributed by atoms with Crippen LogP contribution < -0.4 is 0 Å². The molecule has 198 valence electrons. The van der Waals surface area contributed by atoms with Crippen molar-refractivity contribution in [1.82, 2.24) is 14.7 Å². The Labute approximate surface area is 207 Å². The highest BCUT2D eigenvalue weighted by Gasteiger charge is 2.23.